The van der Waals surface area contributed by atoms with E-state index in [1.54, 1.807) is 0 Å². The summed E-state index contributed by atoms with van der Waals surface area (Å²) in [5.74, 6) is -4.53. The number of ether oxygens (including phenoxy) is 4. The molecule has 6 aliphatic rings. The van der Waals surface area contributed by atoms with Gasteiger partial charge >= 0.3 is 17.9 Å². The van der Waals surface area contributed by atoms with Crippen LogP contribution in [0.2, 0.25) is 0 Å². The molecule has 12 atom stereocenters. The number of likely N-dealkylation sites (N-methyl/N-ethyl adjacent to an activating group) is 1. The van der Waals surface area contributed by atoms with Gasteiger partial charge in [0.15, 0.2) is 17.8 Å². The van der Waals surface area contributed by atoms with Crippen molar-refractivity contribution in [3.8, 4) is 0 Å². The first-order valence-corrected chi connectivity index (χ1v) is 11.4. The van der Waals surface area contributed by atoms with Crippen molar-refractivity contribution >= 4 is 17.9 Å². The maximum absolute atomic E-state index is 13.7. The molecule has 8 unspecified atom stereocenters. The smallest absolute Gasteiger partial charge is 0.343 e. The predicted octanol–water partition coefficient (Wildman–Crippen LogP) is -1.78. The molecule has 0 amide bonds. The Morgan fingerprint density at radius 2 is 1.70 bits per heavy atom. The van der Waals surface area contributed by atoms with Gasteiger partial charge in [-0.3, -0.25) is 4.79 Å². The van der Waals surface area contributed by atoms with Crippen LogP contribution in [0.25, 0.3) is 0 Å². The van der Waals surface area contributed by atoms with Gasteiger partial charge in [0.1, 0.15) is 12.2 Å². The van der Waals surface area contributed by atoms with Crippen molar-refractivity contribution in [3.63, 3.8) is 0 Å². The molecule has 0 radical (unpaired) electrons. The van der Waals surface area contributed by atoms with Crippen molar-refractivity contribution in [2.75, 3.05) is 6.54 Å². The molecule has 6 rings (SSSR count). The summed E-state index contributed by atoms with van der Waals surface area (Å²) in [6.07, 6.45) is -7.46. The van der Waals surface area contributed by atoms with Gasteiger partial charge in [0, 0.05) is 6.04 Å². The Kier molecular flexibility index (Phi) is 3.76. The normalized spacial score (nSPS) is 58.0. The number of fused-ring (bicyclic) bond motifs is 1. The third kappa shape index (κ3) is 1.69. The second-order valence-electron chi connectivity index (χ2n) is 11.4. The van der Waals surface area contributed by atoms with Gasteiger partial charge in [-0.25, -0.2) is 9.59 Å². The summed E-state index contributed by atoms with van der Waals surface area (Å²) in [5.41, 5.74) is -8.64. The monoisotopic (exact) mass is 467 g/mol. The van der Waals surface area contributed by atoms with Crippen molar-refractivity contribution in [2.45, 2.75) is 82.6 Å². The van der Waals surface area contributed by atoms with Gasteiger partial charge in [-0.1, -0.05) is 27.7 Å². The largest absolute Gasteiger partial charge is 0.458 e. The van der Waals surface area contributed by atoms with Crippen LogP contribution in [0, 0.1) is 28.1 Å². The van der Waals surface area contributed by atoms with Gasteiger partial charge in [0.25, 0.3) is 0 Å². The van der Waals surface area contributed by atoms with E-state index < -0.39 is 93.9 Å². The number of carbonyl (C=O) groups is 3. The van der Waals surface area contributed by atoms with Gasteiger partial charge in [0.05, 0.1) is 16.7 Å². The first-order valence-electron chi connectivity index (χ1n) is 11.4. The van der Waals surface area contributed by atoms with E-state index in [1.165, 1.54) is 6.92 Å². The molecule has 2 saturated carbocycles. The van der Waals surface area contributed by atoms with Crippen molar-refractivity contribution < 1.29 is 48.7 Å². The molecule has 0 bridgehead atoms. The van der Waals surface area contributed by atoms with Crippen molar-refractivity contribution in [2.24, 2.45) is 28.1 Å². The molecule has 0 aromatic rings. The Morgan fingerprint density at radius 1 is 1.03 bits per heavy atom. The number of nitrogens with one attached hydrogen (secondary N) is 1. The number of aliphatic hydroxyl groups excluding tert-OH is 2. The number of esters is 3. The topological polar surface area (TPSA) is 161 Å². The zero-order chi connectivity index (χ0) is 24.1. The van der Waals surface area contributed by atoms with Crippen LogP contribution in [0.15, 0.2) is 0 Å². The fourth-order valence-electron chi connectivity index (χ4n) is 8.78. The standard InChI is InChI=1S/C22H29NO10/c1-6-23-8-9(18(3,4)5)19-11(25)15(27)32-17(19)33-22-16(28)31-12(8)20(19,22)10(24)13-21(22,29)7(2)14(26)30-13/h7-13,17,23-25,29H,6H2,1-5H3/t7-,8+,9?,10?,11-,12?,13?,17?,19?,20?,21-,22?/m1/s1. The Morgan fingerprint density at radius 3 is 2.30 bits per heavy atom. The molecule has 4 aliphatic heterocycles. The Hall–Kier alpha value is -1.79. The fourth-order valence-corrected chi connectivity index (χ4v) is 8.78. The zero-order valence-electron chi connectivity index (χ0n) is 19.0. The maximum Gasteiger partial charge on any atom is 0.343 e. The summed E-state index contributed by atoms with van der Waals surface area (Å²) in [6, 6.07) is -0.612. The molecule has 4 saturated heterocycles. The molecule has 33 heavy (non-hydrogen) atoms. The second kappa shape index (κ2) is 5.71. The molecule has 0 aromatic carbocycles. The summed E-state index contributed by atoms with van der Waals surface area (Å²) in [6.45, 7) is 9.49. The van der Waals surface area contributed by atoms with Gasteiger partial charge < -0.3 is 39.6 Å². The highest BCUT2D eigenvalue weighted by molar-refractivity contribution is 5.94. The average Bonchev–Trinajstić information content (AvgIpc) is 3.41. The summed E-state index contributed by atoms with van der Waals surface area (Å²) in [4.78, 5) is 39.0. The minimum atomic E-state index is -2.29. The minimum absolute atomic E-state index is 0.468. The van der Waals surface area contributed by atoms with Crippen LogP contribution < -0.4 is 5.32 Å². The molecular weight excluding hydrogens is 438 g/mol. The van der Waals surface area contributed by atoms with E-state index in [4.69, 9.17) is 18.9 Å². The van der Waals surface area contributed by atoms with E-state index in [0.29, 0.717) is 6.54 Å². The Bertz CT molecular complexity index is 994. The maximum atomic E-state index is 13.7. The van der Waals surface area contributed by atoms with E-state index in [1.807, 2.05) is 27.7 Å². The molecule has 6 fully saturated rings. The number of rotatable bonds is 2. The fraction of sp³-hybridized carbons (Fsp3) is 0.864. The lowest BCUT2D eigenvalue weighted by Crippen LogP contribution is -2.67. The van der Waals surface area contributed by atoms with Crippen LogP contribution in [0.5, 0.6) is 0 Å². The third-order valence-corrected chi connectivity index (χ3v) is 9.42. The SMILES string of the molecule is CCN[C@H]1C(C(C)(C)C)C23C(OC(=O)[C@H]2O)OC24C(=O)OC1C32C(O)C1OC(=O)[C@@H](C)[C@@]14O. The number of hydrogen-bond acceptors (Lipinski definition) is 11. The average molecular weight is 467 g/mol. The summed E-state index contributed by atoms with van der Waals surface area (Å²) in [7, 11) is 0. The molecule has 4 heterocycles. The quantitative estimate of drug-likeness (QED) is 0.268. The molecular formula is C22H29NO10. The van der Waals surface area contributed by atoms with E-state index in [-0.39, 0.29) is 0 Å². The lowest BCUT2D eigenvalue weighted by molar-refractivity contribution is -0.240. The summed E-state index contributed by atoms with van der Waals surface area (Å²) in [5, 5.41) is 38.7. The van der Waals surface area contributed by atoms with Crippen LogP contribution in [-0.2, 0) is 33.3 Å². The Labute approximate surface area is 189 Å². The summed E-state index contributed by atoms with van der Waals surface area (Å²) >= 11 is 0. The van der Waals surface area contributed by atoms with Gasteiger partial charge in [-0.05, 0) is 24.8 Å². The lowest BCUT2D eigenvalue weighted by atomic mass is 9.51. The van der Waals surface area contributed by atoms with E-state index in [9.17, 15) is 29.7 Å². The van der Waals surface area contributed by atoms with Crippen molar-refractivity contribution in [1.82, 2.24) is 5.32 Å². The van der Waals surface area contributed by atoms with Crippen LogP contribution in [0.3, 0.4) is 0 Å². The number of carbonyl (C=O) groups excluding carboxylic acids is 3. The second-order valence-corrected chi connectivity index (χ2v) is 11.4. The van der Waals surface area contributed by atoms with E-state index >= 15 is 0 Å². The highest BCUT2D eigenvalue weighted by Gasteiger charge is 3.05. The van der Waals surface area contributed by atoms with Crippen LogP contribution in [0.1, 0.15) is 34.6 Å². The first-order chi connectivity index (χ1) is 15.3. The van der Waals surface area contributed by atoms with Crippen molar-refractivity contribution in [3.05, 3.63) is 0 Å². The minimum Gasteiger partial charge on any atom is -0.458 e. The molecule has 2 aliphatic carbocycles. The molecule has 2 spiro atoms. The Balaban J connectivity index is 1.74. The molecule has 0 aromatic heterocycles. The van der Waals surface area contributed by atoms with Crippen LogP contribution in [-0.4, -0.2) is 87.7 Å². The molecule has 4 N–H and O–H groups in total. The zero-order valence-corrected chi connectivity index (χ0v) is 19.0. The van der Waals surface area contributed by atoms with Gasteiger partial charge in [-0.15, -0.1) is 0 Å². The number of hydrogen-bond donors (Lipinski definition) is 4. The molecule has 11 heteroatoms. The van der Waals surface area contributed by atoms with Crippen LogP contribution in [0.4, 0.5) is 0 Å². The highest BCUT2D eigenvalue weighted by Crippen LogP contribution is 2.84. The lowest BCUT2D eigenvalue weighted by Gasteiger charge is -2.47. The number of aliphatic hydroxyl groups is 3. The highest BCUT2D eigenvalue weighted by atomic mass is 16.8. The van der Waals surface area contributed by atoms with Crippen molar-refractivity contribution in [1.29, 1.82) is 0 Å². The molecule has 11 nitrogen and oxygen atoms in total. The predicted molar refractivity (Wildman–Crippen MR) is 105 cm³/mol. The van der Waals surface area contributed by atoms with E-state index in [0.717, 1.165) is 0 Å². The van der Waals surface area contributed by atoms with Gasteiger partial charge in [0.2, 0.25) is 11.9 Å². The van der Waals surface area contributed by atoms with Gasteiger partial charge in [-0.2, -0.15) is 0 Å². The molecule has 182 valence electrons. The third-order valence-electron chi connectivity index (χ3n) is 9.42. The summed E-state index contributed by atoms with van der Waals surface area (Å²) < 4.78 is 23.0. The van der Waals surface area contributed by atoms with Crippen LogP contribution >= 0.6 is 0 Å². The van der Waals surface area contributed by atoms with E-state index in [2.05, 4.69) is 5.32 Å². The first kappa shape index (κ1) is 21.7.